The number of anilines is 2. The SMILES string of the molecule is O=S(=O)(NCc1csc(Nc2c3c(cc4c2CCC4)CCC3)n1)N1CCOCC1. The summed E-state index contributed by atoms with van der Waals surface area (Å²) in [6, 6.07) is 2.42. The highest BCUT2D eigenvalue weighted by Crippen LogP contribution is 2.40. The van der Waals surface area contributed by atoms with E-state index in [2.05, 4.69) is 21.1 Å². The number of fused-ring (bicyclic) bond motifs is 2. The molecule has 0 bridgehead atoms. The summed E-state index contributed by atoms with van der Waals surface area (Å²) in [7, 11) is -3.50. The Labute approximate surface area is 175 Å². The summed E-state index contributed by atoms with van der Waals surface area (Å²) in [5, 5.41) is 6.35. The average molecular weight is 435 g/mol. The Hall–Kier alpha value is -1.52. The predicted molar refractivity (Wildman–Crippen MR) is 114 cm³/mol. The van der Waals surface area contributed by atoms with Crippen LogP contribution in [0.4, 0.5) is 10.8 Å². The summed E-state index contributed by atoms with van der Waals surface area (Å²) < 4.78 is 34.2. The lowest BCUT2D eigenvalue weighted by Gasteiger charge is -2.25. The summed E-state index contributed by atoms with van der Waals surface area (Å²) in [5.41, 5.74) is 7.89. The van der Waals surface area contributed by atoms with Gasteiger partial charge in [-0.2, -0.15) is 17.4 Å². The van der Waals surface area contributed by atoms with Crippen molar-refractivity contribution in [2.75, 3.05) is 31.6 Å². The quantitative estimate of drug-likeness (QED) is 0.730. The Morgan fingerprint density at radius 3 is 2.45 bits per heavy atom. The van der Waals surface area contributed by atoms with Crippen LogP contribution in [0.3, 0.4) is 0 Å². The van der Waals surface area contributed by atoms with E-state index in [1.165, 1.54) is 69.3 Å². The molecule has 1 saturated heterocycles. The van der Waals surface area contributed by atoms with Crippen molar-refractivity contribution in [2.45, 2.75) is 45.1 Å². The Morgan fingerprint density at radius 1 is 1.07 bits per heavy atom. The van der Waals surface area contributed by atoms with Gasteiger partial charge in [0.05, 0.1) is 25.5 Å². The minimum absolute atomic E-state index is 0.197. The van der Waals surface area contributed by atoms with E-state index in [-0.39, 0.29) is 6.54 Å². The van der Waals surface area contributed by atoms with Crippen LogP contribution in [-0.4, -0.2) is 44.0 Å². The number of nitrogens with one attached hydrogen (secondary N) is 2. The molecule has 1 aromatic carbocycles. The number of thiazole rings is 1. The fourth-order valence-corrected chi connectivity index (χ4v) is 6.42. The van der Waals surface area contributed by atoms with Gasteiger partial charge >= 0.3 is 0 Å². The van der Waals surface area contributed by atoms with E-state index in [0.717, 1.165) is 23.7 Å². The highest BCUT2D eigenvalue weighted by molar-refractivity contribution is 7.87. The van der Waals surface area contributed by atoms with Gasteiger partial charge in [-0.05, 0) is 60.8 Å². The minimum Gasteiger partial charge on any atom is -0.379 e. The fraction of sp³-hybridized carbons (Fsp3) is 0.550. The first-order valence-electron chi connectivity index (χ1n) is 10.3. The molecule has 0 radical (unpaired) electrons. The Balaban J connectivity index is 1.29. The van der Waals surface area contributed by atoms with E-state index < -0.39 is 10.2 Å². The van der Waals surface area contributed by atoms with E-state index in [1.807, 2.05) is 5.38 Å². The van der Waals surface area contributed by atoms with E-state index in [1.54, 1.807) is 0 Å². The second-order valence-corrected chi connectivity index (χ2v) is 10.5. The van der Waals surface area contributed by atoms with Crippen LogP contribution in [0.25, 0.3) is 0 Å². The van der Waals surface area contributed by atoms with Gasteiger partial charge in [0.25, 0.3) is 10.2 Å². The van der Waals surface area contributed by atoms with Crippen molar-refractivity contribution in [1.82, 2.24) is 14.0 Å². The van der Waals surface area contributed by atoms with Crippen molar-refractivity contribution >= 4 is 32.4 Å². The largest absolute Gasteiger partial charge is 0.379 e. The zero-order valence-corrected chi connectivity index (χ0v) is 18.0. The Morgan fingerprint density at radius 2 is 1.76 bits per heavy atom. The number of morpholine rings is 1. The van der Waals surface area contributed by atoms with Crippen molar-refractivity contribution < 1.29 is 13.2 Å². The van der Waals surface area contributed by atoms with E-state index in [9.17, 15) is 8.42 Å². The molecule has 1 aliphatic heterocycles. The van der Waals surface area contributed by atoms with Gasteiger partial charge in [0.2, 0.25) is 0 Å². The van der Waals surface area contributed by atoms with Gasteiger partial charge in [0, 0.05) is 24.2 Å². The third-order valence-corrected chi connectivity index (χ3v) is 8.36. The molecule has 3 aliphatic rings. The normalized spacial score (nSPS) is 19.3. The smallest absolute Gasteiger partial charge is 0.279 e. The average Bonchev–Trinajstić information content (AvgIpc) is 3.47. The lowest BCUT2D eigenvalue weighted by atomic mass is 9.99. The molecule has 156 valence electrons. The van der Waals surface area contributed by atoms with E-state index >= 15 is 0 Å². The molecule has 7 nitrogen and oxygen atoms in total. The number of benzene rings is 1. The molecule has 1 fully saturated rings. The van der Waals surface area contributed by atoms with Crippen LogP contribution in [0.2, 0.25) is 0 Å². The Kier molecular flexibility index (Phi) is 5.34. The van der Waals surface area contributed by atoms with E-state index in [4.69, 9.17) is 4.74 Å². The number of hydrogen-bond acceptors (Lipinski definition) is 6. The standard InChI is InChI=1S/C20H26N4O3S2/c25-29(26,24-7-9-27-10-8-24)21-12-16-13-28-20(22-16)23-19-17-5-1-3-14(17)11-15-4-2-6-18(15)19/h11,13,21H,1-10,12H2,(H,22,23). The van der Waals surface area contributed by atoms with Crippen molar-refractivity contribution in [2.24, 2.45) is 0 Å². The van der Waals surface area contributed by atoms with Crippen LogP contribution in [0.15, 0.2) is 11.4 Å². The summed E-state index contributed by atoms with van der Waals surface area (Å²) >= 11 is 1.53. The van der Waals surface area contributed by atoms with Gasteiger partial charge in [0.1, 0.15) is 0 Å². The number of aromatic nitrogens is 1. The maximum Gasteiger partial charge on any atom is 0.279 e. The molecule has 2 heterocycles. The second-order valence-electron chi connectivity index (χ2n) is 7.84. The van der Waals surface area contributed by atoms with Crippen LogP contribution in [0, 0.1) is 0 Å². The van der Waals surface area contributed by atoms with Gasteiger partial charge in [0.15, 0.2) is 5.13 Å². The maximum absolute atomic E-state index is 12.4. The highest BCUT2D eigenvalue weighted by atomic mass is 32.2. The molecular formula is C20H26N4O3S2. The molecule has 2 aromatic rings. The van der Waals surface area contributed by atoms with Crippen LogP contribution >= 0.6 is 11.3 Å². The monoisotopic (exact) mass is 434 g/mol. The molecule has 0 unspecified atom stereocenters. The molecule has 0 spiro atoms. The van der Waals surface area contributed by atoms with Gasteiger partial charge < -0.3 is 10.1 Å². The van der Waals surface area contributed by atoms with Crippen LogP contribution < -0.4 is 10.0 Å². The third-order valence-electron chi connectivity index (χ3n) is 6.00. The molecule has 0 amide bonds. The van der Waals surface area contributed by atoms with Gasteiger partial charge in [-0.15, -0.1) is 11.3 Å². The van der Waals surface area contributed by atoms with Crippen LogP contribution in [0.5, 0.6) is 0 Å². The van der Waals surface area contributed by atoms with Crippen molar-refractivity contribution in [3.8, 4) is 0 Å². The molecule has 29 heavy (non-hydrogen) atoms. The Bertz CT molecular complexity index is 981. The zero-order chi connectivity index (χ0) is 19.8. The van der Waals surface area contributed by atoms with Gasteiger partial charge in [-0.1, -0.05) is 6.07 Å². The maximum atomic E-state index is 12.4. The predicted octanol–water partition coefficient (Wildman–Crippen LogP) is 2.53. The van der Waals surface area contributed by atoms with Crippen molar-refractivity contribution in [3.05, 3.63) is 39.4 Å². The van der Waals surface area contributed by atoms with Crippen molar-refractivity contribution in [1.29, 1.82) is 0 Å². The summed E-state index contributed by atoms with van der Waals surface area (Å²) in [5.74, 6) is 0. The number of nitrogens with zero attached hydrogens (tertiary/aromatic N) is 2. The summed E-state index contributed by atoms with van der Waals surface area (Å²) in [4.78, 5) is 4.64. The molecule has 1 aromatic heterocycles. The van der Waals surface area contributed by atoms with Crippen LogP contribution in [-0.2, 0) is 47.2 Å². The molecule has 2 aliphatic carbocycles. The molecule has 5 rings (SSSR count). The summed E-state index contributed by atoms with van der Waals surface area (Å²) in [6.45, 7) is 1.87. The highest BCUT2D eigenvalue weighted by Gasteiger charge is 2.26. The van der Waals surface area contributed by atoms with Gasteiger partial charge in [-0.25, -0.2) is 4.98 Å². The topological polar surface area (TPSA) is 83.6 Å². The number of aryl methyl sites for hydroxylation is 2. The lowest BCUT2D eigenvalue weighted by molar-refractivity contribution is 0.0724. The third kappa shape index (κ3) is 3.94. The summed E-state index contributed by atoms with van der Waals surface area (Å²) in [6.07, 6.45) is 7.04. The zero-order valence-electron chi connectivity index (χ0n) is 16.4. The van der Waals surface area contributed by atoms with Crippen molar-refractivity contribution in [3.63, 3.8) is 0 Å². The first-order chi connectivity index (χ1) is 14.1. The number of rotatable bonds is 6. The second kappa shape index (κ2) is 7.96. The van der Waals surface area contributed by atoms with E-state index in [0.29, 0.717) is 26.3 Å². The molecule has 0 atom stereocenters. The first kappa shape index (κ1) is 19.4. The van der Waals surface area contributed by atoms with Crippen LogP contribution in [0.1, 0.15) is 40.8 Å². The molecule has 0 saturated carbocycles. The minimum atomic E-state index is -3.50. The lowest BCUT2D eigenvalue weighted by Crippen LogP contribution is -2.46. The molecule has 9 heteroatoms. The molecular weight excluding hydrogens is 408 g/mol. The first-order valence-corrected chi connectivity index (χ1v) is 12.6. The fourth-order valence-electron chi connectivity index (χ4n) is 4.56. The number of hydrogen-bond donors (Lipinski definition) is 2. The number of ether oxygens (including phenoxy) is 1. The molecule has 2 N–H and O–H groups in total. The van der Waals surface area contributed by atoms with Gasteiger partial charge in [-0.3, -0.25) is 0 Å².